The molecule has 0 heterocycles. The van der Waals surface area contributed by atoms with Crippen LogP contribution in [0.15, 0.2) is 54.6 Å². The maximum absolute atomic E-state index is 14.1. The van der Waals surface area contributed by atoms with Gasteiger partial charge in [-0.15, -0.1) is 6.58 Å². The number of nitrogens with zero attached hydrogens (tertiary/aromatic N) is 1. The molecule has 0 radical (unpaired) electrons. The van der Waals surface area contributed by atoms with Crippen LogP contribution in [0.1, 0.15) is 74.8 Å². The lowest BCUT2D eigenvalue weighted by atomic mass is 9.76. The second-order valence-corrected chi connectivity index (χ2v) is 13.3. The Morgan fingerprint density at radius 3 is 2.00 bits per heavy atom. The number of hydrogen-bond donors (Lipinski definition) is 3. The minimum Gasteiger partial charge on any atom is -0.478 e. The van der Waals surface area contributed by atoms with E-state index in [9.17, 15) is 24.3 Å². The molecule has 234 valence electrons. The molecule has 0 aliphatic heterocycles. The van der Waals surface area contributed by atoms with E-state index in [-0.39, 0.29) is 18.0 Å². The Bertz CT molecular complexity index is 1150. The number of benzene rings is 1. The van der Waals surface area contributed by atoms with Gasteiger partial charge in [0.15, 0.2) is 0 Å². The molecule has 0 fully saturated rings. The standard InChI is InChI=1S/C33H51N3O6/c1-13-32(8,9)27(29(39)36(12)24(21(2)3)19-22(4)30(40)41)35-28(38)26(34-20-25(37)42-31(5,6)7)33(10,11)23-17-15-14-16-18-23/h13-19,21,24,26-27,34H,1,20H2,2-12H3,(H,35,38)(H,40,41)/b22-19+/t24-,26?,27-/m1/s1. The Morgan fingerprint density at radius 2 is 1.55 bits per heavy atom. The number of carbonyl (C=O) groups is 4. The predicted octanol–water partition coefficient (Wildman–Crippen LogP) is 4.48. The van der Waals surface area contributed by atoms with E-state index in [1.54, 1.807) is 53.8 Å². The average Bonchev–Trinajstić information content (AvgIpc) is 2.88. The Hall–Kier alpha value is -3.46. The molecule has 0 spiro atoms. The molecular formula is C33H51N3O6. The summed E-state index contributed by atoms with van der Waals surface area (Å²) >= 11 is 0. The molecule has 42 heavy (non-hydrogen) atoms. The Morgan fingerprint density at radius 1 is 1.00 bits per heavy atom. The smallest absolute Gasteiger partial charge is 0.331 e. The number of carbonyl (C=O) groups excluding carboxylic acids is 3. The van der Waals surface area contributed by atoms with Crippen LogP contribution < -0.4 is 10.6 Å². The first-order chi connectivity index (χ1) is 19.2. The molecule has 0 saturated heterocycles. The Balaban J connectivity index is 3.52. The second-order valence-electron chi connectivity index (χ2n) is 13.3. The molecule has 0 aliphatic rings. The van der Waals surface area contributed by atoms with Gasteiger partial charge in [-0.05, 0) is 39.2 Å². The molecule has 0 aliphatic carbocycles. The van der Waals surface area contributed by atoms with E-state index in [1.165, 1.54) is 11.8 Å². The largest absolute Gasteiger partial charge is 0.478 e. The summed E-state index contributed by atoms with van der Waals surface area (Å²) in [5.41, 5.74) is -1.39. The summed E-state index contributed by atoms with van der Waals surface area (Å²) in [6.07, 6.45) is 3.16. The quantitative estimate of drug-likeness (QED) is 0.167. The number of hydrogen-bond acceptors (Lipinski definition) is 6. The minimum absolute atomic E-state index is 0.100. The summed E-state index contributed by atoms with van der Waals surface area (Å²) in [6, 6.07) is 6.95. The van der Waals surface area contributed by atoms with Crippen LogP contribution in [0.3, 0.4) is 0 Å². The number of nitrogens with one attached hydrogen (secondary N) is 2. The lowest BCUT2D eigenvalue weighted by molar-refractivity contribution is -0.154. The molecule has 1 unspecified atom stereocenters. The Labute approximate surface area is 251 Å². The van der Waals surface area contributed by atoms with Crippen LogP contribution >= 0.6 is 0 Å². The highest BCUT2D eigenvalue weighted by Gasteiger charge is 2.43. The van der Waals surface area contributed by atoms with Crippen molar-refractivity contribution >= 4 is 23.8 Å². The lowest BCUT2D eigenvalue weighted by Crippen LogP contribution is -2.62. The fraction of sp³-hybridized carbons (Fsp3) is 0.576. The lowest BCUT2D eigenvalue weighted by Gasteiger charge is -2.40. The number of aliphatic carboxylic acids is 1. The highest BCUT2D eigenvalue weighted by molar-refractivity contribution is 5.92. The van der Waals surface area contributed by atoms with Crippen LogP contribution in [0.2, 0.25) is 0 Å². The van der Waals surface area contributed by atoms with Crippen molar-refractivity contribution in [1.82, 2.24) is 15.5 Å². The first-order valence-electron chi connectivity index (χ1n) is 14.3. The van der Waals surface area contributed by atoms with Crippen LogP contribution in [0.4, 0.5) is 0 Å². The zero-order valence-electron chi connectivity index (χ0n) is 27.2. The summed E-state index contributed by atoms with van der Waals surface area (Å²) in [4.78, 5) is 53.8. The van der Waals surface area contributed by atoms with Crippen LogP contribution in [0, 0.1) is 11.3 Å². The number of carboxylic acid groups (broad SMARTS) is 1. The number of likely N-dealkylation sites (N-methyl/N-ethyl adjacent to an activating group) is 1. The van der Waals surface area contributed by atoms with Crippen molar-refractivity contribution in [3.63, 3.8) is 0 Å². The third-order valence-electron chi connectivity index (χ3n) is 7.41. The van der Waals surface area contributed by atoms with Crippen molar-refractivity contribution in [2.75, 3.05) is 13.6 Å². The van der Waals surface area contributed by atoms with Crippen LogP contribution in [0.25, 0.3) is 0 Å². The fourth-order valence-corrected chi connectivity index (χ4v) is 4.61. The average molecular weight is 586 g/mol. The monoisotopic (exact) mass is 585 g/mol. The third kappa shape index (κ3) is 10.1. The van der Waals surface area contributed by atoms with E-state index < -0.39 is 58.3 Å². The van der Waals surface area contributed by atoms with E-state index in [0.717, 1.165) is 5.56 Å². The van der Waals surface area contributed by atoms with E-state index in [0.29, 0.717) is 0 Å². The van der Waals surface area contributed by atoms with Gasteiger partial charge < -0.3 is 20.1 Å². The normalized spacial score (nSPS) is 14.9. The zero-order valence-corrected chi connectivity index (χ0v) is 27.2. The van der Waals surface area contributed by atoms with Crippen molar-refractivity contribution in [2.45, 2.75) is 98.4 Å². The highest BCUT2D eigenvalue weighted by atomic mass is 16.6. The number of ether oxygens (including phenoxy) is 1. The van der Waals surface area contributed by atoms with Crippen LogP contribution in [-0.2, 0) is 29.3 Å². The summed E-state index contributed by atoms with van der Waals surface area (Å²) in [5.74, 6) is -2.56. The molecule has 2 amide bonds. The van der Waals surface area contributed by atoms with Gasteiger partial charge in [0.1, 0.15) is 11.6 Å². The SMILES string of the molecule is C=CC(C)(C)[C@H](NC(=O)C(NCC(=O)OC(C)(C)C)C(C)(C)c1ccccc1)C(=O)N(C)[C@H](/C=C(\C)C(=O)O)C(C)C. The fourth-order valence-electron chi connectivity index (χ4n) is 4.61. The highest BCUT2D eigenvalue weighted by Crippen LogP contribution is 2.30. The van der Waals surface area contributed by atoms with Crippen LogP contribution in [-0.4, -0.2) is 71.1 Å². The number of amides is 2. The summed E-state index contributed by atoms with van der Waals surface area (Å²) in [7, 11) is 1.60. The first-order valence-corrected chi connectivity index (χ1v) is 14.3. The molecule has 0 saturated carbocycles. The molecule has 0 bridgehead atoms. The van der Waals surface area contributed by atoms with Gasteiger partial charge in [-0.25, -0.2) is 4.79 Å². The van der Waals surface area contributed by atoms with Gasteiger partial charge in [-0.1, -0.05) is 84.0 Å². The van der Waals surface area contributed by atoms with E-state index in [2.05, 4.69) is 17.2 Å². The van der Waals surface area contributed by atoms with Crippen molar-refractivity contribution in [3.05, 3.63) is 60.2 Å². The number of esters is 1. The molecule has 1 aromatic carbocycles. The molecule has 3 atom stereocenters. The summed E-state index contributed by atoms with van der Waals surface area (Å²) < 4.78 is 5.45. The van der Waals surface area contributed by atoms with Crippen molar-refractivity contribution in [2.24, 2.45) is 11.3 Å². The number of rotatable bonds is 14. The first kappa shape index (κ1) is 36.6. The van der Waals surface area contributed by atoms with Gasteiger partial charge in [0.25, 0.3) is 0 Å². The Kier molecular flexibility index (Phi) is 12.7. The van der Waals surface area contributed by atoms with Crippen molar-refractivity contribution < 1.29 is 29.0 Å². The number of carboxylic acids is 1. The summed E-state index contributed by atoms with van der Waals surface area (Å²) in [5, 5.41) is 15.5. The second kappa shape index (κ2) is 14.6. The molecule has 9 heteroatoms. The molecule has 3 N–H and O–H groups in total. The van der Waals surface area contributed by atoms with Crippen LogP contribution in [0.5, 0.6) is 0 Å². The van der Waals surface area contributed by atoms with Crippen molar-refractivity contribution in [1.29, 1.82) is 0 Å². The van der Waals surface area contributed by atoms with Gasteiger partial charge in [0.05, 0.1) is 18.6 Å². The van der Waals surface area contributed by atoms with Gasteiger partial charge >= 0.3 is 11.9 Å². The maximum atomic E-state index is 14.1. The molecule has 0 aromatic heterocycles. The van der Waals surface area contributed by atoms with Gasteiger partial charge in [0.2, 0.25) is 11.8 Å². The molecule has 9 nitrogen and oxygen atoms in total. The molecule has 1 aromatic rings. The van der Waals surface area contributed by atoms with E-state index in [1.807, 2.05) is 58.0 Å². The predicted molar refractivity (Wildman–Crippen MR) is 166 cm³/mol. The van der Waals surface area contributed by atoms with Gasteiger partial charge in [0, 0.05) is 23.5 Å². The van der Waals surface area contributed by atoms with Crippen molar-refractivity contribution in [3.8, 4) is 0 Å². The topological polar surface area (TPSA) is 125 Å². The minimum atomic E-state index is -1.07. The molecular weight excluding hydrogens is 534 g/mol. The summed E-state index contributed by atoms with van der Waals surface area (Å²) in [6.45, 7) is 21.6. The maximum Gasteiger partial charge on any atom is 0.331 e. The van der Waals surface area contributed by atoms with E-state index >= 15 is 0 Å². The zero-order chi connectivity index (χ0) is 32.6. The van der Waals surface area contributed by atoms with Gasteiger partial charge in [-0.2, -0.15) is 0 Å². The van der Waals surface area contributed by atoms with Gasteiger partial charge in [-0.3, -0.25) is 19.7 Å². The third-order valence-corrected chi connectivity index (χ3v) is 7.41. The van der Waals surface area contributed by atoms with E-state index in [4.69, 9.17) is 4.74 Å². The molecule has 1 rings (SSSR count).